The summed E-state index contributed by atoms with van der Waals surface area (Å²) < 4.78 is 0. The molecule has 0 spiro atoms. The van der Waals surface area contributed by atoms with Crippen molar-refractivity contribution >= 4 is 17.7 Å². The highest BCUT2D eigenvalue weighted by molar-refractivity contribution is 5.62. The molecular weight excluding hydrogens is 1440 g/mol. The molecular formula is C108H166N10. The van der Waals surface area contributed by atoms with Crippen molar-refractivity contribution < 1.29 is 0 Å². The fourth-order valence-corrected chi connectivity index (χ4v) is 13.5. The predicted octanol–water partition coefficient (Wildman–Crippen LogP) is 28.8. The van der Waals surface area contributed by atoms with E-state index >= 15 is 0 Å². The second kappa shape index (κ2) is 47.1. The quantitative estimate of drug-likeness (QED) is 0.131. The number of hydrogen-bond acceptors (Lipinski definition) is 10. The third kappa shape index (κ3) is 37.2. The van der Waals surface area contributed by atoms with Crippen LogP contribution in [-0.2, 0) is 80.8 Å². The summed E-state index contributed by atoms with van der Waals surface area (Å²) in [5.41, 5.74) is 22.8. The van der Waals surface area contributed by atoms with Gasteiger partial charge in [0.15, 0.2) is 0 Å². The van der Waals surface area contributed by atoms with Gasteiger partial charge in [-0.25, -0.2) is 9.97 Å². The van der Waals surface area contributed by atoms with E-state index in [1.165, 1.54) is 162 Å². The maximum atomic E-state index is 4.50. The molecule has 8 aromatic heterocycles. The number of aryl methyl sites for hydroxylation is 2. The van der Waals surface area contributed by atoms with Crippen molar-refractivity contribution in [1.29, 1.82) is 0 Å². The molecule has 0 radical (unpaired) electrons. The van der Waals surface area contributed by atoms with Gasteiger partial charge in [-0.1, -0.05) is 285 Å². The number of rotatable bonds is 10. The van der Waals surface area contributed by atoms with Crippen LogP contribution in [0.5, 0.6) is 0 Å². The van der Waals surface area contributed by atoms with E-state index in [9.17, 15) is 0 Å². The summed E-state index contributed by atoms with van der Waals surface area (Å²) in [6, 6.07) is 43.1. The molecule has 0 amide bonds. The fraction of sp³-hybridized carbons (Fsp3) is 0.556. The Morgan fingerprint density at radius 1 is 0.322 bits per heavy atom. The number of anilines is 2. The molecule has 0 bridgehead atoms. The standard InChI is InChI=1S/C16H19N.2C14H22N2.2C13H21N.C12H15N.2C12H19N.2CH4/c1-16(2,3)14-9-10-17-15(12-14)11-13-7-5-4-6-8-13;2*1-14(2,3)12-7-8-15-13(11-12)16-9-5-4-6-10-16;1-12(2,3)10-7-8-14-11(9-10)13(4,5)6;1-10(2)8-12-9-11(6-7-14-12)13(3,4)5;1-12(2,3)10-7-8-13-11-6-4-5-9(10)11;2*1-5-6-11-9-10(7-8-13-11)12(2,3)4;;/h4-10,12H,11H2,1-3H3;2*7-8,11H,4-6,9-10H2,1-3H3;7-9H,1-6H3;6-7,9-10H,8H2,1-5H3;4-5,7-8H,6H2,1-3H3;2*7-9H,5-6H2,1-4H3;2*1H4. The maximum Gasteiger partial charge on any atom is 0.128 e. The number of piperidine rings is 2. The number of hydrogen-bond donors (Lipinski definition) is 0. The molecule has 648 valence electrons. The minimum atomic E-state index is 0. The molecule has 118 heavy (non-hydrogen) atoms. The van der Waals surface area contributed by atoms with Gasteiger partial charge in [-0.05, 0) is 254 Å². The van der Waals surface area contributed by atoms with Gasteiger partial charge >= 0.3 is 0 Å². The van der Waals surface area contributed by atoms with E-state index in [1.54, 1.807) is 0 Å². The Balaban J connectivity index is 0.000000349. The lowest BCUT2D eigenvalue weighted by Crippen LogP contribution is -2.30. The summed E-state index contributed by atoms with van der Waals surface area (Å²) in [7, 11) is 0. The summed E-state index contributed by atoms with van der Waals surface area (Å²) in [5, 5.41) is 0. The Labute approximate surface area is 723 Å². The minimum Gasteiger partial charge on any atom is -0.357 e. The van der Waals surface area contributed by atoms with E-state index < -0.39 is 0 Å². The number of nitrogens with zero attached hydrogens (tertiary/aromatic N) is 10. The monoisotopic (exact) mass is 1600 g/mol. The molecule has 0 unspecified atom stereocenters. The van der Waals surface area contributed by atoms with E-state index in [-0.39, 0.29) is 63.6 Å². The lowest BCUT2D eigenvalue weighted by Gasteiger charge is -2.29. The number of allylic oxidation sites excluding steroid dienone is 1. The normalized spacial score (nSPS) is 13.6. The van der Waals surface area contributed by atoms with Crippen LogP contribution in [0.3, 0.4) is 0 Å². The first kappa shape index (κ1) is 104. The largest absolute Gasteiger partial charge is 0.357 e. The molecule has 3 aliphatic rings. The smallest absolute Gasteiger partial charge is 0.128 e. The maximum absolute atomic E-state index is 4.50. The van der Waals surface area contributed by atoms with Gasteiger partial charge in [-0.15, -0.1) is 0 Å². The van der Waals surface area contributed by atoms with Crippen molar-refractivity contribution in [2.45, 2.75) is 362 Å². The zero-order valence-corrected chi connectivity index (χ0v) is 78.9. The molecule has 0 atom stereocenters. The first-order valence-corrected chi connectivity index (χ1v) is 43.9. The fourth-order valence-electron chi connectivity index (χ4n) is 13.5. The van der Waals surface area contributed by atoms with Gasteiger partial charge in [0.25, 0.3) is 0 Å². The van der Waals surface area contributed by atoms with E-state index in [2.05, 4.69) is 392 Å². The van der Waals surface area contributed by atoms with Gasteiger partial charge in [0.05, 0.1) is 5.69 Å². The van der Waals surface area contributed by atoms with E-state index in [1.807, 2.05) is 55.6 Å². The lowest BCUT2D eigenvalue weighted by atomic mass is 9.84. The summed E-state index contributed by atoms with van der Waals surface area (Å²) in [6.07, 6.45) is 35.3. The minimum absolute atomic E-state index is 0. The van der Waals surface area contributed by atoms with Gasteiger partial charge in [0, 0.05) is 122 Å². The Kier molecular flexibility index (Phi) is 41.5. The molecule has 0 saturated carbocycles. The van der Waals surface area contributed by atoms with Crippen LogP contribution in [0, 0.1) is 5.92 Å². The average molecular weight is 1600 g/mol. The molecule has 12 rings (SSSR count). The Morgan fingerprint density at radius 2 is 0.644 bits per heavy atom. The highest BCUT2D eigenvalue weighted by Gasteiger charge is 2.25. The van der Waals surface area contributed by atoms with Gasteiger partial charge in [-0.2, -0.15) is 0 Å². The summed E-state index contributed by atoms with van der Waals surface area (Å²) >= 11 is 0. The van der Waals surface area contributed by atoms with Crippen LogP contribution in [-0.4, -0.2) is 66.1 Å². The highest BCUT2D eigenvalue weighted by Crippen LogP contribution is 2.34. The number of benzene rings is 1. The molecule has 2 fully saturated rings. The third-order valence-corrected chi connectivity index (χ3v) is 21.0. The Bertz CT molecular complexity index is 4190. The van der Waals surface area contributed by atoms with Gasteiger partial charge in [0.1, 0.15) is 11.6 Å². The number of pyridine rings is 8. The number of fused-ring (bicyclic) bond motifs is 1. The molecule has 1 aliphatic carbocycles. The summed E-state index contributed by atoms with van der Waals surface area (Å²) in [6.45, 7) is 73.8. The van der Waals surface area contributed by atoms with Gasteiger partial charge in [0.2, 0.25) is 0 Å². The molecule has 10 heterocycles. The molecule has 10 heteroatoms. The van der Waals surface area contributed by atoms with Crippen molar-refractivity contribution in [3.05, 3.63) is 267 Å². The van der Waals surface area contributed by atoms with Crippen LogP contribution < -0.4 is 9.80 Å². The van der Waals surface area contributed by atoms with Crippen LogP contribution >= 0.6 is 0 Å². The molecule has 0 N–H and O–H groups in total. The summed E-state index contributed by atoms with van der Waals surface area (Å²) in [5.74, 6) is 3.00. The molecule has 10 nitrogen and oxygen atoms in total. The van der Waals surface area contributed by atoms with Crippen LogP contribution in [0.2, 0.25) is 0 Å². The van der Waals surface area contributed by atoms with E-state index in [0.717, 1.165) is 49.4 Å². The molecule has 2 saturated heterocycles. The molecule has 1 aromatic carbocycles. The second-order valence-electron chi connectivity index (χ2n) is 41.8. The second-order valence-corrected chi connectivity index (χ2v) is 41.8. The molecule has 9 aromatic rings. The average Bonchev–Trinajstić information content (AvgIpc) is 1.33. The van der Waals surface area contributed by atoms with Crippen molar-refractivity contribution in [3.8, 4) is 0 Å². The highest BCUT2D eigenvalue weighted by atomic mass is 15.2. The van der Waals surface area contributed by atoms with E-state index in [4.69, 9.17) is 0 Å². The Morgan fingerprint density at radius 3 is 1.00 bits per heavy atom. The SMILES string of the molecule is C.C.CC(C)(C)c1ccnc(C(C)(C)C)c1.CC(C)(C)c1ccnc(Cc2ccccc2)c1.CC(C)(C)c1ccnc(N2CCCCC2)c1.CC(C)(C)c1ccnc(N2CCCCC2)c1.CC(C)(C)c1ccnc2c1C=CC2.CC(C)Cc1cc(C(C)(C)C)ccn1.CCCc1cc(C(C)(C)C)ccn1.CCCc1cc(C(C)(C)C)ccn1. The third-order valence-electron chi connectivity index (χ3n) is 21.0. The first-order chi connectivity index (χ1) is 54.0. The topological polar surface area (TPSA) is 110 Å². The van der Waals surface area contributed by atoms with Crippen LogP contribution in [0.25, 0.3) is 6.08 Å². The zero-order valence-electron chi connectivity index (χ0n) is 78.9. The molecule has 2 aliphatic heterocycles. The van der Waals surface area contributed by atoms with Crippen molar-refractivity contribution in [2.75, 3.05) is 36.0 Å². The Hall–Kier alpha value is -8.24. The van der Waals surface area contributed by atoms with Crippen molar-refractivity contribution in [3.63, 3.8) is 0 Å². The summed E-state index contributed by atoms with van der Waals surface area (Å²) in [4.78, 5) is 40.2. The van der Waals surface area contributed by atoms with Gasteiger partial charge < -0.3 is 9.80 Å². The van der Waals surface area contributed by atoms with Crippen molar-refractivity contribution in [1.82, 2.24) is 39.9 Å². The van der Waals surface area contributed by atoms with E-state index in [0.29, 0.717) is 5.92 Å². The first-order valence-electron chi connectivity index (χ1n) is 43.9. The van der Waals surface area contributed by atoms with Crippen LogP contribution in [0.1, 0.15) is 371 Å². The zero-order chi connectivity index (χ0) is 86.5. The number of aromatic nitrogens is 8. The van der Waals surface area contributed by atoms with Crippen LogP contribution in [0.15, 0.2) is 177 Å². The van der Waals surface area contributed by atoms with Crippen LogP contribution in [0.4, 0.5) is 11.6 Å². The van der Waals surface area contributed by atoms with Crippen molar-refractivity contribution in [2.24, 2.45) is 5.92 Å². The van der Waals surface area contributed by atoms with Gasteiger partial charge in [-0.3, -0.25) is 29.9 Å². The predicted molar refractivity (Wildman–Crippen MR) is 516 cm³/mol. The lowest BCUT2D eigenvalue weighted by molar-refractivity contribution is 0.552.